The fourth-order valence-corrected chi connectivity index (χ4v) is 2.44. The smallest absolute Gasteiger partial charge is 0.422 e. The lowest BCUT2D eigenvalue weighted by Crippen LogP contribution is -2.21. The van der Waals surface area contributed by atoms with Crippen LogP contribution in [0.1, 0.15) is 5.56 Å². The number of halogens is 4. The van der Waals surface area contributed by atoms with Crippen LogP contribution in [0.25, 0.3) is 0 Å². The van der Waals surface area contributed by atoms with Gasteiger partial charge >= 0.3 is 6.18 Å². The molecule has 0 spiro atoms. The number of nitro groups is 1. The van der Waals surface area contributed by atoms with Gasteiger partial charge in [0.25, 0.3) is 5.69 Å². The van der Waals surface area contributed by atoms with E-state index in [2.05, 4.69) is 15.4 Å². The van der Waals surface area contributed by atoms with Crippen molar-refractivity contribution in [3.8, 4) is 5.75 Å². The van der Waals surface area contributed by atoms with Gasteiger partial charge in [-0.15, -0.1) is 0 Å². The molecule has 27 heavy (non-hydrogen) atoms. The average Bonchev–Trinajstić information content (AvgIpc) is 2.56. The van der Waals surface area contributed by atoms with Gasteiger partial charge in [-0.2, -0.15) is 13.2 Å². The van der Waals surface area contributed by atoms with E-state index < -0.39 is 23.4 Å². The molecule has 0 saturated carbocycles. The highest BCUT2D eigenvalue weighted by Crippen LogP contribution is 2.28. The van der Waals surface area contributed by atoms with Crippen LogP contribution in [0, 0.1) is 17.0 Å². The second-order valence-corrected chi connectivity index (χ2v) is 6.18. The first kappa shape index (κ1) is 20.7. The molecule has 2 aromatic rings. The van der Waals surface area contributed by atoms with Gasteiger partial charge in [0.05, 0.1) is 16.7 Å². The number of nitrogens with zero attached hydrogens (tertiary/aromatic N) is 1. The zero-order chi connectivity index (χ0) is 20.2. The number of thiocarbonyl (C=S) groups is 1. The van der Waals surface area contributed by atoms with E-state index in [0.717, 1.165) is 17.7 Å². The first-order chi connectivity index (χ1) is 12.5. The predicted octanol–water partition coefficient (Wildman–Crippen LogP) is 5.31. The molecule has 0 heterocycles. The van der Waals surface area contributed by atoms with Gasteiger partial charge in [-0.25, -0.2) is 0 Å². The molecule has 0 aromatic heterocycles. The number of anilines is 2. The fourth-order valence-electron chi connectivity index (χ4n) is 2.04. The number of nitrogens with one attached hydrogen (secondary N) is 2. The average molecular weight is 420 g/mol. The molecule has 0 radical (unpaired) electrons. The maximum Gasteiger partial charge on any atom is 0.422 e. The Labute approximate surface area is 162 Å². The van der Waals surface area contributed by atoms with E-state index >= 15 is 0 Å². The highest BCUT2D eigenvalue weighted by atomic mass is 35.5. The van der Waals surface area contributed by atoms with Crippen molar-refractivity contribution in [2.75, 3.05) is 17.2 Å². The number of alkyl halides is 3. The van der Waals surface area contributed by atoms with Gasteiger partial charge in [0.2, 0.25) is 0 Å². The molecule has 2 N–H and O–H groups in total. The third-order valence-electron chi connectivity index (χ3n) is 3.28. The number of rotatable bonds is 5. The van der Waals surface area contributed by atoms with Gasteiger partial charge in [-0.3, -0.25) is 10.1 Å². The van der Waals surface area contributed by atoms with Crippen molar-refractivity contribution in [3.63, 3.8) is 0 Å². The van der Waals surface area contributed by atoms with Crippen LogP contribution in [0.15, 0.2) is 36.4 Å². The van der Waals surface area contributed by atoms with Gasteiger partial charge in [0.1, 0.15) is 5.75 Å². The summed E-state index contributed by atoms with van der Waals surface area (Å²) >= 11 is 11.2. The summed E-state index contributed by atoms with van der Waals surface area (Å²) in [5, 5.41) is 17.1. The number of ether oxygens (including phenoxy) is 1. The third kappa shape index (κ3) is 6.26. The van der Waals surface area contributed by atoms with Crippen LogP contribution in [0.4, 0.5) is 30.2 Å². The molecule has 0 aliphatic rings. The van der Waals surface area contributed by atoms with E-state index in [4.69, 9.17) is 23.8 Å². The van der Waals surface area contributed by atoms with Gasteiger partial charge in [0, 0.05) is 22.8 Å². The lowest BCUT2D eigenvalue weighted by Gasteiger charge is -2.14. The molecule has 0 atom stereocenters. The zero-order valence-corrected chi connectivity index (χ0v) is 15.3. The van der Waals surface area contributed by atoms with Crippen molar-refractivity contribution in [2.24, 2.45) is 0 Å². The molecule has 0 fully saturated rings. The Morgan fingerprint density at radius 3 is 2.63 bits per heavy atom. The number of nitro benzene ring substituents is 1. The maximum absolute atomic E-state index is 12.3. The summed E-state index contributed by atoms with van der Waals surface area (Å²) < 4.78 is 41.5. The number of benzene rings is 2. The lowest BCUT2D eigenvalue weighted by molar-refractivity contribution is -0.384. The quantitative estimate of drug-likeness (QED) is 0.389. The number of hydrogen-bond donors (Lipinski definition) is 2. The van der Waals surface area contributed by atoms with Gasteiger partial charge < -0.3 is 15.4 Å². The van der Waals surface area contributed by atoms with Gasteiger partial charge in [-0.05, 0) is 36.8 Å². The van der Waals surface area contributed by atoms with Crippen molar-refractivity contribution in [1.82, 2.24) is 0 Å². The molecule has 0 aliphatic heterocycles. The zero-order valence-electron chi connectivity index (χ0n) is 13.8. The van der Waals surface area contributed by atoms with Crippen LogP contribution < -0.4 is 15.4 Å². The second kappa shape index (κ2) is 8.40. The summed E-state index contributed by atoms with van der Waals surface area (Å²) in [7, 11) is 0. The number of hydrogen-bond acceptors (Lipinski definition) is 4. The Balaban J connectivity index is 2.18. The standard InChI is InChI=1S/C16H13ClF3N3O3S/c1-9-13(17)3-2-4-14(9)22-15(27)21-10-5-11(23(24)25)7-12(6-10)26-8-16(18,19)20/h2-7H,8H2,1H3,(H2,21,22,27). The molecular formula is C16H13ClF3N3O3S. The Hall–Kier alpha value is -2.59. The fraction of sp³-hybridized carbons (Fsp3) is 0.188. The molecule has 6 nitrogen and oxygen atoms in total. The monoisotopic (exact) mass is 419 g/mol. The molecule has 0 aliphatic carbocycles. The van der Waals surface area contributed by atoms with Gasteiger partial charge in [-0.1, -0.05) is 17.7 Å². The summed E-state index contributed by atoms with van der Waals surface area (Å²) in [4.78, 5) is 10.3. The minimum Gasteiger partial charge on any atom is -0.484 e. The number of non-ortho nitro benzene ring substituents is 1. The Morgan fingerprint density at radius 1 is 1.30 bits per heavy atom. The first-order valence-corrected chi connectivity index (χ1v) is 8.16. The minimum atomic E-state index is -4.57. The summed E-state index contributed by atoms with van der Waals surface area (Å²) in [6.45, 7) is 0.196. The summed E-state index contributed by atoms with van der Waals surface area (Å²) in [5.41, 5.74) is 0.994. The Morgan fingerprint density at radius 2 is 2.00 bits per heavy atom. The Bertz CT molecular complexity index is 878. The van der Waals surface area contributed by atoms with E-state index in [9.17, 15) is 23.3 Å². The predicted molar refractivity (Wildman–Crippen MR) is 101 cm³/mol. The highest BCUT2D eigenvalue weighted by molar-refractivity contribution is 7.80. The van der Waals surface area contributed by atoms with Crippen molar-refractivity contribution < 1.29 is 22.8 Å². The minimum absolute atomic E-state index is 0.0719. The molecule has 144 valence electrons. The largest absolute Gasteiger partial charge is 0.484 e. The molecule has 2 aromatic carbocycles. The van der Waals surface area contributed by atoms with Crippen molar-refractivity contribution in [1.29, 1.82) is 0 Å². The molecule has 0 saturated heterocycles. The van der Waals surface area contributed by atoms with Crippen molar-refractivity contribution in [2.45, 2.75) is 13.1 Å². The van der Waals surface area contributed by atoms with E-state index in [1.807, 2.05) is 0 Å². The molecule has 0 unspecified atom stereocenters. The SMILES string of the molecule is Cc1c(Cl)cccc1NC(=S)Nc1cc(OCC(F)(F)F)cc([N+](=O)[O-])c1. The highest BCUT2D eigenvalue weighted by Gasteiger charge is 2.28. The molecule has 11 heteroatoms. The molecule has 0 bridgehead atoms. The van der Waals surface area contributed by atoms with Gasteiger partial charge in [0.15, 0.2) is 11.7 Å². The van der Waals surface area contributed by atoms with Crippen LogP contribution in [0.3, 0.4) is 0 Å². The van der Waals surface area contributed by atoms with E-state index in [0.29, 0.717) is 10.7 Å². The molecule has 2 rings (SSSR count). The summed E-state index contributed by atoms with van der Waals surface area (Å²) in [6.07, 6.45) is -4.57. The van der Waals surface area contributed by atoms with Crippen LogP contribution in [0.5, 0.6) is 5.75 Å². The normalized spacial score (nSPS) is 11.0. The first-order valence-electron chi connectivity index (χ1n) is 7.37. The Kier molecular flexibility index (Phi) is 6.45. The molecular weight excluding hydrogens is 407 g/mol. The van der Waals surface area contributed by atoms with Crippen molar-refractivity contribution >= 4 is 46.0 Å². The summed E-state index contributed by atoms with van der Waals surface area (Å²) in [5.74, 6) is -0.314. The van der Waals surface area contributed by atoms with E-state index in [-0.39, 0.29) is 16.5 Å². The van der Waals surface area contributed by atoms with Crippen LogP contribution >= 0.6 is 23.8 Å². The van der Waals surface area contributed by atoms with E-state index in [1.165, 1.54) is 6.07 Å². The summed E-state index contributed by atoms with van der Waals surface area (Å²) in [6, 6.07) is 8.33. The topological polar surface area (TPSA) is 76.4 Å². The molecule has 0 amide bonds. The van der Waals surface area contributed by atoms with E-state index in [1.54, 1.807) is 25.1 Å². The second-order valence-electron chi connectivity index (χ2n) is 5.37. The van der Waals surface area contributed by atoms with Crippen molar-refractivity contribution in [3.05, 3.63) is 57.1 Å². The van der Waals surface area contributed by atoms with Crippen LogP contribution in [0.2, 0.25) is 5.02 Å². The maximum atomic E-state index is 12.3. The third-order valence-corrected chi connectivity index (χ3v) is 3.89. The lowest BCUT2D eigenvalue weighted by atomic mass is 10.2. The van der Waals surface area contributed by atoms with Crippen LogP contribution in [-0.4, -0.2) is 22.8 Å². The van der Waals surface area contributed by atoms with Crippen LogP contribution in [-0.2, 0) is 0 Å².